The van der Waals surface area contributed by atoms with Gasteiger partial charge >= 0.3 is 0 Å². The summed E-state index contributed by atoms with van der Waals surface area (Å²) in [4.78, 5) is 0. The fourth-order valence-corrected chi connectivity index (χ4v) is 2.14. The topological polar surface area (TPSA) is 29.9 Å². The lowest BCUT2D eigenvalue weighted by atomic mass is 10.0. The molecule has 1 N–H and O–H groups in total. The van der Waals surface area contributed by atoms with Crippen LogP contribution in [0.1, 0.15) is 11.3 Å². The van der Waals surface area contributed by atoms with Crippen molar-refractivity contribution in [2.75, 3.05) is 7.05 Å². The Morgan fingerprint density at radius 3 is 2.76 bits per heavy atom. The predicted octanol–water partition coefficient (Wildman–Crippen LogP) is 2.77. The maximum absolute atomic E-state index is 6.15. The van der Waals surface area contributed by atoms with E-state index in [9.17, 15) is 0 Å². The number of rotatable bonds is 3. The third-order valence-corrected chi connectivity index (χ3v) is 3.11. The van der Waals surface area contributed by atoms with Gasteiger partial charge in [0.1, 0.15) is 0 Å². The van der Waals surface area contributed by atoms with E-state index in [4.69, 9.17) is 11.6 Å². The molecule has 0 unspecified atom stereocenters. The summed E-state index contributed by atoms with van der Waals surface area (Å²) >= 11 is 6.15. The average molecular weight is 250 g/mol. The predicted molar refractivity (Wildman–Crippen MR) is 71.2 cm³/mol. The molecule has 0 amide bonds. The highest BCUT2D eigenvalue weighted by molar-refractivity contribution is 6.31. The molecule has 4 heteroatoms. The molecular formula is C13H16ClN3. The molecule has 0 saturated heterocycles. The van der Waals surface area contributed by atoms with E-state index in [1.54, 1.807) is 0 Å². The molecule has 3 nitrogen and oxygen atoms in total. The molecule has 1 aromatic heterocycles. The van der Waals surface area contributed by atoms with Crippen molar-refractivity contribution in [3.8, 4) is 11.1 Å². The van der Waals surface area contributed by atoms with Gasteiger partial charge in [-0.2, -0.15) is 5.10 Å². The van der Waals surface area contributed by atoms with Gasteiger partial charge in [0.25, 0.3) is 0 Å². The van der Waals surface area contributed by atoms with Crippen LogP contribution in [0.15, 0.2) is 24.4 Å². The number of aryl methyl sites for hydroxylation is 2. The smallest absolute Gasteiger partial charge is 0.0671 e. The lowest BCUT2D eigenvalue weighted by Gasteiger charge is -2.06. The van der Waals surface area contributed by atoms with Gasteiger partial charge in [0.05, 0.1) is 5.69 Å². The number of aromatic nitrogens is 2. The quantitative estimate of drug-likeness (QED) is 0.907. The molecule has 0 atom stereocenters. The summed E-state index contributed by atoms with van der Waals surface area (Å²) in [5, 5.41) is 8.27. The standard InChI is InChI=1S/C13H16ClN3/c1-9-12(8-17(3)16-9)10-4-5-13(14)11(6-10)7-15-2/h4-6,8,15H,7H2,1-3H3. The van der Waals surface area contributed by atoms with Gasteiger partial charge in [0, 0.05) is 30.4 Å². The van der Waals surface area contributed by atoms with Crippen molar-refractivity contribution in [1.82, 2.24) is 15.1 Å². The maximum Gasteiger partial charge on any atom is 0.0671 e. The van der Waals surface area contributed by atoms with Crippen LogP contribution in [0.2, 0.25) is 5.02 Å². The lowest BCUT2D eigenvalue weighted by Crippen LogP contribution is -2.05. The molecule has 0 aliphatic carbocycles. The van der Waals surface area contributed by atoms with Gasteiger partial charge in [-0.25, -0.2) is 0 Å². The van der Waals surface area contributed by atoms with Crippen LogP contribution in [-0.4, -0.2) is 16.8 Å². The second-order valence-electron chi connectivity index (χ2n) is 4.14. The van der Waals surface area contributed by atoms with E-state index in [1.807, 2.05) is 44.0 Å². The molecule has 90 valence electrons. The fourth-order valence-electron chi connectivity index (χ4n) is 1.95. The molecule has 0 fully saturated rings. The molecule has 2 rings (SSSR count). The van der Waals surface area contributed by atoms with E-state index in [0.717, 1.165) is 34.0 Å². The second kappa shape index (κ2) is 4.90. The minimum absolute atomic E-state index is 0.770. The number of nitrogens with zero attached hydrogens (tertiary/aromatic N) is 2. The summed E-state index contributed by atoms with van der Waals surface area (Å²) in [7, 11) is 3.85. The van der Waals surface area contributed by atoms with Crippen molar-refractivity contribution in [3.63, 3.8) is 0 Å². The molecule has 0 spiro atoms. The highest BCUT2D eigenvalue weighted by Crippen LogP contribution is 2.26. The molecule has 2 aromatic rings. The Balaban J connectivity index is 2.46. The normalized spacial score (nSPS) is 10.8. The highest BCUT2D eigenvalue weighted by atomic mass is 35.5. The van der Waals surface area contributed by atoms with E-state index in [-0.39, 0.29) is 0 Å². The molecule has 17 heavy (non-hydrogen) atoms. The fraction of sp³-hybridized carbons (Fsp3) is 0.308. The van der Waals surface area contributed by atoms with Crippen LogP contribution in [0.25, 0.3) is 11.1 Å². The molecule has 0 radical (unpaired) electrons. The van der Waals surface area contributed by atoms with Crippen LogP contribution >= 0.6 is 11.6 Å². The summed E-state index contributed by atoms with van der Waals surface area (Å²) in [5.41, 5.74) is 4.45. The summed E-state index contributed by atoms with van der Waals surface area (Å²) < 4.78 is 1.83. The van der Waals surface area contributed by atoms with Crippen LogP contribution in [0.3, 0.4) is 0 Å². The van der Waals surface area contributed by atoms with E-state index in [2.05, 4.69) is 16.5 Å². The zero-order chi connectivity index (χ0) is 12.4. The van der Waals surface area contributed by atoms with Crippen molar-refractivity contribution in [3.05, 3.63) is 40.7 Å². The van der Waals surface area contributed by atoms with Crippen LogP contribution < -0.4 is 5.32 Å². The number of hydrogen-bond donors (Lipinski definition) is 1. The Kier molecular flexibility index (Phi) is 3.50. The first-order valence-electron chi connectivity index (χ1n) is 5.55. The first-order valence-corrected chi connectivity index (χ1v) is 5.93. The summed E-state index contributed by atoms with van der Waals surface area (Å²) in [6.07, 6.45) is 2.03. The summed E-state index contributed by atoms with van der Waals surface area (Å²) in [6, 6.07) is 6.09. The van der Waals surface area contributed by atoms with Gasteiger partial charge < -0.3 is 5.32 Å². The SMILES string of the molecule is CNCc1cc(-c2cn(C)nc2C)ccc1Cl. The molecule has 0 aliphatic rings. The van der Waals surface area contributed by atoms with E-state index in [0.29, 0.717) is 0 Å². The first kappa shape index (κ1) is 12.1. The van der Waals surface area contributed by atoms with Crippen LogP contribution in [-0.2, 0) is 13.6 Å². The largest absolute Gasteiger partial charge is 0.316 e. The summed E-state index contributed by atoms with van der Waals surface area (Å²) in [6.45, 7) is 2.79. The maximum atomic E-state index is 6.15. The van der Waals surface area contributed by atoms with E-state index < -0.39 is 0 Å². The molecule has 1 aromatic carbocycles. The zero-order valence-electron chi connectivity index (χ0n) is 10.3. The molecule has 1 heterocycles. The Morgan fingerprint density at radius 2 is 2.18 bits per heavy atom. The monoisotopic (exact) mass is 249 g/mol. The van der Waals surface area contributed by atoms with Crippen molar-refractivity contribution in [2.24, 2.45) is 7.05 Å². The van der Waals surface area contributed by atoms with Gasteiger partial charge in [0.2, 0.25) is 0 Å². The summed E-state index contributed by atoms with van der Waals surface area (Å²) in [5.74, 6) is 0. The van der Waals surface area contributed by atoms with Crippen molar-refractivity contribution >= 4 is 11.6 Å². The zero-order valence-corrected chi connectivity index (χ0v) is 11.0. The Hall–Kier alpha value is -1.32. The highest BCUT2D eigenvalue weighted by Gasteiger charge is 2.08. The van der Waals surface area contributed by atoms with Crippen LogP contribution in [0.5, 0.6) is 0 Å². The molecular weight excluding hydrogens is 234 g/mol. The molecule has 0 bridgehead atoms. The molecule has 0 saturated carbocycles. The van der Waals surface area contributed by atoms with Crippen molar-refractivity contribution < 1.29 is 0 Å². The second-order valence-corrected chi connectivity index (χ2v) is 4.55. The molecule has 0 aliphatic heterocycles. The number of nitrogens with one attached hydrogen (secondary N) is 1. The van der Waals surface area contributed by atoms with Gasteiger partial charge in [-0.1, -0.05) is 17.7 Å². The van der Waals surface area contributed by atoms with Gasteiger partial charge in [-0.3, -0.25) is 4.68 Å². The first-order chi connectivity index (χ1) is 8.11. The minimum atomic E-state index is 0.770. The average Bonchev–Trinajstić information content (AvgIpc) is 2.61. The van der Waals surface area contributed by atoms with Gasteiger partial charge in [0.15, 0.2) is 0 Å². The third-order valence-electron chi connectivity index (χ3n) is 2.74. The van der Waals surface area contributed by atoms with Crippen LogP contribution in [0.4, 0.5) is 0 Å². The Labute approximate surface area is 106 Å². The third kappa shape index (κ3) is 2.51. The number of halogens is 1. The van der Waals surface area contributed by atoms with Crippen LogP contribution in [0, 0.1) is 6.92 Å². The number of benzene rings is 1. The van der Waals surface area contributed by atoms with Crippen molar-refractivity contribution in [1.29, 1.82) is 0 Å². The minimum Gasteiger partial charge on any atom is -0.316 e. The Bertz CT molecular complexity index is 531. The Morgan fingerprint density at radius 1 is 1.41 bits per heavy atom. The number of hydrogen-bond acceptors (Lipinski definition) is 2. The van der Waals surface area contributed by atoms with Crippen molar-refractivity contribution in [2.45, 2.75) is 13.5 Å². The van der Waals surface area contributed by atoms with E-state index >= 15 is 0 Å². The van der Waals surface area contributed by atoms with E-state index in [1.165, 1.54) is 0 Å². The van der Waals surface area contributed by atoms with Gasteiger partial charge in [-0.15, -0.1) is 0 Å². The lowest BCUT2D eigenvalue weighted by molar-refractivity contribution is 0.756. The van der Waals surface area contributed by atoms with Gasteiger partial charge in [-0.05, 0) is 37.2 Å².